The maximum absolute atomic E-state index is 5.97. The van der Waals surface area contributed by atoms with Gasteiger partial charge >= 0.3 is 0 Å². The van der Waals surface area contributed by atoms with Gasteiger partial charge in [-0.15, -0.1) is 0 Å². The Balaban J connectivity index is 1.97. The Morgan fingerprint density at radius 2 is 2.05 bits per heavy atom. The molecule has 0 spiro atoms. The molecule has 0 aromatic carbocycles. The van der Waals surface area contributed by atoms with E-state index in [9.17, 15) is 0 Å². The fraction of sp³-hybridized carbons (Fsp3) is 0.875. The van der Waals surface area contributed by atoms with E-state index in [1.54, 1.807) is 0 Å². The number of hydrogen-bond acceptors (Lipinski definition) is 5. The van der Waals surface area contributed by atoms with Crippen LogP contribution in [-0.2, 0) is 16.8 Å². The van der Waals surface area contributed by atoms with Crippen molar-refractivity contribution in [2.24, 2.45) is 11.7 Å². The van der Waals surface area contributed by atoms with Crippen molar-refractivity contribution in [3.63, 3.8) is 0 Å². The topological polar surface area (TPSA) is 74.2 Å². The van der Waals surface area contributed by atoms with Crippen LogP contribution in [0.25, 0.3) is 0 Å². The van der Waals surface area contributed by atoms with Crippen molar-refractivity contribution < 1.29 is 9.26 Å². The quantitative estimate of drug-likeness (QED) is 0.757. The van der Waals surface area contributed by atoms with E-state index >= 15 is 0 Å². The highest BCUT2D eigenvalue weighted by Gasteiger charge is 2.40. The second-order valence-electron chi connectivity index (χ2n) is 6.04. The third-order valence-electron chi connectivity index (χ3n) is 4.63. The van der Waals surface area contributed by atoms with Crippen molar-refractivity contribution in [1.82, 2.24) is 10.1 Å². The van der Waals surface area contributed by atoms with Crippen LogP contribution in [0.4, 0.5) is 0 Å². The molecular formula is C16H29N3O2. The molecule has 120 valence electrons. The lowest BCUT2D eigenvalue weighted by Gasteiger charge is -2.24. The molecule has 1 aliphatic rings. The van der Waals surface area contributed by atoms with Crippen LogP contribution >= 0.6 is 0 Å². The summed E-state index contributed by atoms with van der Waals surface area (Å²) in [4.78, 5) is 4.62. The summed E-state index contributed by atoms with van der Waals surface area (Å²) in [5, 5.41) is 4.20. The number of aryl methyl sites for hydroxylation is 1. The molecule has 5 nitrogen and oxygen atoms in total. The Morgan fingerprint density at radius 3 is 2.67 bits per heavy atom. The van der Waals surface area contributed by atoms with E-state index in [-0.39, 0.29) is 5.60 Å². The fourth-order valence-corrected chi connectivity index (χ4v) is 3.31. The lowest BCUT2D eigenvalue weighted by atomic mass is 9.97. The summed E-state index contributed by atoms with van der Waals surface area (Å²) in [6, 6.07) is 0. The molecule has 0 aliphatic heterocycles. The Bertz CT molecular complexity index is 413. The molecular weight excluding hydrogens is 266 g/mol. The Morgan fingerprint density at radius 1 is 1.29 bits per heavy atom. The van der Waals surface area contributed by atoms with Gasteiger partial charge in [-0.05, 0) is 57.9 Å². The number of rotatable bonds is 9. The van der Waals surface area contributed by atoms with Crippen LogP contribution in [-0.4, -0.2) is 23.3 Å². The number of nitrogens with two attached hydrogens (primary N) is 1. The highest BCUT2D eigenvalue weighted by Crippen LogP contribution is 2.40. The van der Waals surface area contributed by atoms with Gasteiger partial charge in [0.2, 0.25) is 11.7 Å². The highest BCUT2D eigenvalue weighted by atomic mass is 16.5. The molecule has 2 rings (SSSR count). The van der Waals surface area contributed by atoms with Gasteiger partial charge < -0.3 is 15.0 Å². The molecule has 2 N–H and O–H groups in total. The Labute approximate surface area is 127 Å². The first kappa shape index (κ1) is 16.4. The van der Waals surface area contributed by atoms with Crippen molar-refractivity contribution in [1.29, 1.82) is 0 Å². The molecule has 1 aliphatic carbocycles. The molecule has 1 unspecified atom stereocenters. The smallest absolute Gasteiger partial charge is 0.226 e. The minimum atomic E-state index is -0.294. The summed E-state index contributed by atoms with van der Waals surface area (Å²) in [5.41, 5.74) is 5.35. The molecule has 1 aromatic heterocycles. The molecule has 21 heavy (non-hydrogen) atoms. The average Bonchev–Trinajstić information content (AvgIpc) is 3.13. The lowest BCUT2D eigenvalue weighted by molar-refractivity contribution is -0.0469. The van der Waals surface area contributed by atoms with Crippen LogP contribution in [0.3, 0.4) is 0 Å². The molecule has 0 radical (unpaired) electrons. The first-order valence-electron chi connectivity index (χ1n) is 8.41. The standard InChI is InChI=1S/C16H29N3O2/c1-3-13(9-12-17)7-8-14-18-15(19-21-14)16(20-4-2)10-5-6-11-16/h13H,3-12,17H2,1-2H3. The summed E-state index contributed by atoms with van der Waals surface area (Å²) in [7, 11) is 0. The predicted octanol–water partition coefficient (Wildman–Crippen LogP) is 3.18. The number of hydrogen-bond donors (Lipinski definition) is 1. The second-order valence-corrected chi connectivity index (χ2v) is 6.04. The van der Waals surface area contributed by atoms with Crippen molar-refractivity contribution >= 4 is 0 Å². The minimum absolute atomic E-state index is 0.294. The molecule has 1 saturated carbocycles. The van der Waals surface area contributed by atoms with Crippen molar-refractivity contribution in [2.45, 2.75) is 70.8 Å². The highest BCUT2D eigenvalue weighted by molar-refractivity contribution is 5.04. The average molecular weight is 295 g/mol. The summed E-state index contributed by atoms with van der Waals surface area (Å²) >= 11 is 0. The van der Waals surface area contributed by atoms with Crippen LogP contribution in [0.15, 0.2) is 4.52 Å². The van der Waals surface area contributed by atoms with E-state index in [1.165, 1.54) is 12.8 Å². The van der Waals surface area contributed by atoms with E-state index in [4.69, 9.17) is 15.0 Å². The zero-order valence-electron chi connectivity index (χ0n) is 13.4. The van der Waals surface area contributed by atoms with Crippen LogP contribution < -0.4 is 5.73 Å². The van der Waals surface area contributed by atoms with E-state index < -0.39 is 0 Å². The third kappa shape index (κ3) is 4.04. The normalized spacial score (nSPS) is 19.0. The maximum atomic E-state index is 5.97. The first-order chi connectivity index (χ1) is 10.2. The van der Waals surface area contributed by atoms with Gasteiger partial charge in [0.15, 0.2) is 0 Å². The predicted molar refractivity (Wildman–Crippen MR) is 81.8 cm³/mol. The van der Waals surface area contributed by atoms with E-state index in [0.717, 1.165) is 56.8 Å². The molecule has 5 heteroatoms. The Kier molecular flexibility index (Phi) is 6.18. The fourth-order valence-electron chi connectivity index (χ4n) is 3.31. The van der Waals surface area contributed by atoms with Crippen molar-refractivity contribution in [2.75, 3.05) is 13.2 Å². The Hall–Kier alpha value is -0.940. The molecule has 1 atom stereocenters. The van der Waals surface area contributed by atoms with Crippen molar-refractivity contribution in [3.05, 3.63) is 11.7 Å². The van der Waals surface area contributed by atoms with E-state index in [2.05, 4.69) is 17.1 Å². The maximum Gasteiger partial charge on any atom is 0.226 e. The van der Waals surface area contributed by atoms with Gasteiger partial charge in [-0.3, -0.25) is 0 Å². The minimum Gasteiger partial charge on any atom is -0.367 e. The van der Waals surface area contributed by atoms with Gasteiger partial charge in [0, 0.05) is 13.0 Å². The van der Waals surface area contributed by atoms with E-state index in [1.807, 2.05) is 6.92 Å². The SMILES string of the molecule is CCOC1(c2noc(CCC(CC)CCN)n2)CCCC1. The van der Waals surface area contributed by atoms with Crippen LogP contribution in [0.1, 0.15) is 70.5 Å². The van der Waals surface area contributed by atoms with Gasteiger partial charge in [-0.1, -0.05) is 18.5 Å². The van der Waals surface area contributed by atoms with Crippen LogP contribution in [0, 0.1) is 5.92 Å². The van der Waals surface area contributed by atoms with Gasteiger partial charge in [-0.2, -0.15) is 4.98 Å². The van der Waals surface area contributed by atoms with Crippen LogP contribution in [0.2, 0.25) is 0 Å². The van der Waals surface area contributed by atoms with Gasteiger partial charge in [0.1, 0.15) is 5.60 Å². The lowest BCUT2D eigenvalue weighted by Crippen LogP contribution is -2.27. The summed E-state index contributed by atoms with van der Waals surface area (Å²) < 4.78 is 11.4. The van der Waals surface area contributed by atoms with Crippen LogP contribution in [0.5, 0.6) is 0 Å². The van der Waals surface area contributed by atoms with Gasteiger partial charge in [-0.25, -0.2) is 0 Å². The molecule has 0 bridgehead atoms. The summed E-state index contributed by atoms with van der Waals surface area (Å²) in [5.74, 6) is 2.15. The summed E-state index contributed by atoms with van der Waals surface area (Å²) in [6.45, 7) is 5.68. The molecule has 1 fully saturated rings. The third-order valence-corrected chi connectivity index (χ3v) is 4.63. The summed E-state index contributed by atoms with van der Waals surface area (Å²) in [6.07, 6.45) is 8.50. The molecule has 0 saturated heterocycles. The number of ether oxygens (including phenoxy) is 1. The second kappa shape index (κ2) is 7.90. The molecule has 0 amide bonds. The van der Waals surface area contributed by atoms with Crippen molar-refractivity contribution in [3.8, 4) is 0 Å². The first-order valence-corrected chi connectivity index (χ1v) is 8.41. The van der Waals surface area contributed by atoms with Gasteiger partial charge in [0.05, 0.1) is 0 Å². The molecule has 1 heterocycles. The monoisotopic (exact) mass is 295 g/mol. The number of nitrogens with zero attached hydrogens (tertiary/aromatic N) is 2. The van der Waals surface area contributed by atoms with Gasteiger partial charge in [0.25, 0.3) is 0 Å². The molecule has 1 aromatic rings. The zero-order chi connectivity index (χ0) is 15.1. The largest absolute Gasteiger partial charge is 0.367 e. The zero-order valence-corrected chi connectivity index (χ0v) is 13.4. The number of aromatic nitrogens is 2. The van der Waals surface area contributed by atoms with E-state index in [0.29, 0.717) is 12.5 Å².